The van der Waals surface area contributed by atoms with Gasteiger partial charge in [0.05, 0.1) is 0 Å². The van der Waals surface area contributed by atoms with Gasteiger partial charge in [0.25, 0.3) is 0 Å². The molecule has 0 aliphatic heterocycles. The third-order valence-corrected chi connectivity index (χ3v) is 0.400. The monoisotopic (exact) mass is 114 g/mol. The first-order chi connectivity index (χ1) is 3.13. The molecule has 0 aliphatic rings. The SMILES string of the molecule is CC(=O)CC(=O)O.[C]. The predicted octanol–water partition coefficient (Wildman–Crippen LogP) is 0.131. The molecule has 3 heteroatoms. The highest BCUT2D eigenvalue weighted by molar-refractivity contribution is 5.93. The summed E-state index contributed by atoms with van der Waals surface area (Å²) in [6.45, 7) is 1.24. The third-order valence-electron chi connectivity index (χ3n) is 0.400. The molecule has 0 atom stereocenters. The van der Waals surface area contributed by atoms with Gasteiger partial charge in [-0.1, -0.05) is 0 Å². The summed E-state index contributed by atoms with van der Waals surface area (Å²) < 4.78 is 0. The van der Waals surface area contributed by atoms with E-state index in [1.807, 2.05) is 0 Å². The number of Topliss-reactive ketones (excluding diaryl/α,β-unsaturated/α-hetero) is 1. The first kappa shape index (κ1) is 10.2. The van der Waals surface area contributed by atoms with Crippen LogP contribution in [0.5, 0.6) is 0 Å². The molecular formula is C5H6O3. The van der Waals surface area contributed by atoms with Crippen molar-refractivity contribution in [3.8, 4) is 0 Å². The summed E-state index contributed by atoms with van der Waals surface area (Å²) in [6, 6.07) is 0. The van der Waals surface area contributed by atoms with Crippen LogP contribution in [0.4, 0.5) is 0 Å². The van der Waals surface area contributed by atoms with Crippen LogP contribution in [0.25, 0.3) is 0 Å². The van der Waals surface area contributed by atoms with E-state index in [0.29, 0.717) is 0 Å². The molecule has 0 aromatic carbocycles. The fourth-order valence-electron chi connectivity index (χ4n) is 0.213. The van der Waals surface area contributed by atoms with E-state index in [1.165, 1.54) is 6.92 Å². The summed E-state index contributed by atoms with van der Waals surface area (Å²) in [7, 11) is 0. The largest absolute Gasteiger partial charge is 0.481 e. The lowest BCUT2D eigenvalue weighted by Crippen LogP contribution is -2.00. The van der Waals surface area contributed by atoms with Gasteiger partial charge in [0.2, 0.25) is 0 Å². The molecule has 1 N–H and O–H groups in total. The summed E-state index contributed by atoms with van der Waals surface area (Å²) in [4.78, 5) is 19.5. The molecule has 0 aromatic rings. The molecule has 0 fully saturated rings. The Hall–Kier alpha value is -0.860. The number of aliphatic carboxylic acids is 1. The molecule has 0 aliphatic carbocycles. The van der Waals surface area contributed by atoms with Crippen molar-refractivity contribution < 1.29 is 14.7 Å². The van der Waals surface area contributed by atoms with Gasteiger partial charge < -0.3 is 5.11 Å². The molecule has 0 spiro atoms. The Morgan fingerprint density at radius 1 is 1.50 bits per heavy atom. The first-order valence-corrected chi connectivity index (χ1v) is 1.84. The van der Waals surface area contributed by atoms with Gasteiger partial charge in [0.1, 0.15) is 12.2 Å². The minimum absolute atomic E-state index is 0. The molecule has 0 saturated carbocycles. The van der Waals surface area contributed by atoms with Crippen LogP contribution in [0.3, 0.4) is 0 Å². The molecule has 0 aromatic heterocycles. The molecule has 0 saturated heterocycles. The Balaban J connectivity index is 0. The second-order valence-electron chi connectivity index (χ2n) is 1.27. The third kappa shape index (κ3) is 8.94. The van der Waals surface area contributed by atoms with E-state index in [2.05, 4.69) is 0 Å². The van der Waals surface area contributed by atoms with E-state index in [4.69, 9.17) is 5.11 Å². The lowest BCUT2D eigenvalue weighted by molar-refractivity contribution is -0.139. The van der Waals surface area contributed by atoms with Crippen molar-refractivity contribution in [3.63, 3.8) is 0 Å². The normalized spacial score (nSPS) is 7.12. The van der Waals surface area contributed by atoms with E-state index in [0.717, 1.165) is 0 Å². The number of carbonyl (C=O) groups is 2. The minimum Gasteiger partial charge on any atom is -0.481 e. The number of carbonyl (C=O) groups excluding carboxylic acids is 1. The van der Waals surface area contributed by atoms with Gasteiger partial charge in [-0.2, -0.15) is 0 Å². The number of carboxylic acid groups (broad SMARTS) is 1. The maximum absolute atomic E-state index is 9.87. The zero-order valence-electron chi connectivity index (χ0n) is 4.47. The molecule has 0 heterocycles. The maximum Gasteiger partial charge on any atom is 0.310 e. The average molecular weight is 114 g/mol. The highest BCUT2D eigenvalue weighted by atomic mass is 16.4. The Morgan fingerprint density at radius 3 is 1.88 bits per heavy atom. The Bertz CT molecular complexity index is 83.8. The van der Waals surface area contributed by atoms with Gasteiger partial charge in [-0.15, -0.1) is 0 Å². The second-order valence-corrected chi connectivity index (χ2v) is 1.27. The zero-order chi connectivity index (χ0) is 5.86. The molecule has 0 bridgehead atoms. The van der Waals surface area contributed by atoms with Crippen LogP contribution in [0, 0.1) is 7.43 Å². The van der Waals surface area contributed by atoms with E-state index in [9.17, 15) is 9.59 Å². The van der Waals surface area contributed by atoms with Crippen LogP contribution in [-0.2, 0) is 9.59 Å². The van der Waals surface area contributed by atoms with Crippen LogP contribution < -0.4 is 0 Å². The smallest absolute Gasteiger partial charge is 0.310 e. The Labute approximate surface area is 48.3 Å². The van der Waals surface area contributed by atoms with E-state index >= 15 is 0 Å². The summed E-state index contributed by atoms with van der Waals surface area (Å²) >= 11 is 0. The maximum atomic E-state index is 9.87. The van der Waals surface area contributed by atoms with Crippen LogP contribution >= 0.6 is 0 Å². The van der Waals surface area contributed by atoms with Crippen molar-refractivity contribution in [2.75, 3.05) is 0 Å². The number of hydrogen-bond donors (Lipinski definition) is 1. The predicted molar refractivity (Wildman–Crippen MR) is 26.2 cm³/mol. The van der Waals surface area contributed by atoms with Crippen LogP contribution in [-0.4, -0.2) is 16.9 Å². The average Bonchev–Trinajstić information content (AvgIpc) is 1.27. The summed E-state index contributed by atoms with van der Waals surface area (Å²) in [5.74, 6) is -1.37. The van der Waals surface area contributed by atoms with Crippen LogP contribution in [0.15, 0.2) is 0 Å². The van der Waals surface area contributed by atoms with Crippen LogP contribution in [0.2, 0.25) is 0 Å². The number of ketones is 1. The Morgan fingerprint density at radius 2 is 1.88 bits per heavy atom. The topological polar surface area (TPSA) is 54.4 Å². The molecular weight excluding hydrogens is 108 g/mol. The number of hydrogen-bond acceptors (Lipinski definition) is 2. The van der Waals surface area contributed by atoms with Crippen molar-refractivity contribution >= 4 is 11.8 Å². The molecule has 3 nitrogen and oxygen atoms in total. The quantitative estimate of drug-likeness (QED) is 0.519. The number of rotatable bonds is 2. The summed E-state index contributed by atoms with van der Waals surface area (Å²) in [6.07, 6.45) is -0.361. The van der Waals surface area contributed by atoms with Crippen molar-refractivity contribution in [3.05, 3.63) is 7.43 Å². The lowest BCUT2D eigenvalue weighted by Gasteiger charge is -1.80. The van der Waals surface area contributed by atoms with Crippen molar-refractivity contribution in [1.29, 1.82) is 0 Å². The van der Waals surface area contributed by atoms with E-state index in [1.54, 1.807) is 0 Å². The van der Waals surface area contributed by atoms with Gasteiger partial charge in [0, 0.05) is 7.43 Å². The van der Waals surface area contributed by atoms with Gasteiger partial charge in [-0.05, 0) is 6.92 Å². The summed E-state index contributed by atoms with van der Waals surface area (Å²) in [5, 5.41) is 7.86. The first-order valence-electron chi connectivity index (χ1n) is 1.84. The molecule has 0 rings (SSSR count). The highest BCUT2D eigenvalue weighted by Crippen LogP contribution is 1.77. The fraction of sp³-hybridized carbons (Fsp3) is 0.400. The molecule has 44 valence electrons. The van der Waals surface area contributed by atoms with Crippen molar-refractivity contribution in [2.45, 2.75) is 13.3 Å². The van der Waals surface area contributed by atoms with E-state index in [-0.39, 0.29) is 19.6 Å². The van der Waals surface area contributed by atoms with Gasteiger partial charge in [-0.25, -0.2) is 0 Å². The molecule has 0 unspecified atom stereocenters. The van der Waals surface area contributed by atoms with Crippen LogP contribution in [0.1, 0.15) is 13.3 Å². The number of carboxylic acids is 1. The van der Waals surface area contributed by atoms with Crippen molar-refractivity contribution in [2.24, 2.45) is 0 Å². The zero-order valence-corrected chi connectivity index (χ0v) is 4.47. The fourth-order valence-corrected chi connectivity index (χ4v) is 0.213. The highest BCUT2D eigenvalue weighted by Gasteiger charge is 1.98. The second kappa shape index (κ2) is 4.30. The lowest BCUT2D eigenvalue weighted by atomic mass is 10.3. The van der Waals surface area contributed by atoms with Crippen molar-refractivity contribution in [1.82, 2.24) is 0 Å². The molecule has 4 radical (unpaired) electrons. The van der Waals surface area contributed by atoms with Gasteiger partial charge in [0.15, 0.2) is 0 Å². The molecule has 0 amide bonds. The minimum atomic E-state index is -1.06. The summed E-state index contributed by atoms with van der Waals surface area (Å²) in [5.41, 5.74) is 0. The standard InChI is InChI=1S/C4H6O3.C/c1-3(5)2-4(6)7;/h2H2,1H3,(H,6,7);. The van der Waals surface area contributed by atoms with Gasteiger partial charge in [-0.3, -0.25) is 9.59 Å². The Kier molecular flexibility index (Phi) is 5.48. The van der Waals surface area contributed by atoms with Gasteiger partial charge >= 0.3 is 5.97 Å². The van der Waals surface area contributed by atoms with E-state index < -0.39 is 5.97 Å². The molecule has 8 heavy (non-hydrogen) atoms.